The second kappa shape index (κ2) is 40.7. The Balaban J connectivity index is 2.18. The zero-order chi connectivity index (χ0) is 43.6. The van der Waals surface area contributed by atoms with Crippen LogP contribution in [0.4, 0.5) is 0 Å². The summed E-state index contributed by atoms with van der Waals surface area (Å²) in [7, 11) is -4.40. The SMILES string of the molecule is CC/C=C\CC1OC1C/C=C\C/C=C\C/C=C\C/C=C\CCC(=O)O[C@H](COC(=O)CCCCCCCCCCCCCCCCCCCCC)COP(=O)(O)OCCN. The maximum Gasteiger partial charge on any atom is 0.472 e. The van der Waals surface area contributed by atoms with Crippen LogP contribution in [0.2, 0.25) is 0 Å². The third kappa shape index (κ3) is 37.4. The normalized spacial score (nSPS) is 17.1. The number of carbonyl (C=O) groups excluding carboxylic acids is 2. The predicted molar refractivity (Wildman–Crippen MR) is 247 cm³/mol. The predicted octanol–water partition coefficient (Wildman–Crippen LogP) is 13.0. The molecule has 0 radical (unpaired) electrons. The highest BCUT2D eigenvalue weighted by atomic mass is 31.2. The molecule has 1 heterocycles. The average molecular weight is 864 g/mol. The van der Waals surface area contributed by atoms with E-state index < -0.39 is 32.5 Å². The summed E-state index contributed by atoms with van der Waals surface area (Å²) < 4.78 is 38.5. The molecule has 0 bridgehead atoms. The van der Waals surface area contributed by atoms with E-state index in [1.54, 1.807) is 0 Å². The van der Waals surface area contributed by atoms with Gasteiger partial charge in [0.1, 0.15) is 6.61 Å². The minimum absolute atomic E-state index is 0.0387. The highest BCUT2D eigenvalue weighted by molar-refractivity contribution is 7.47. The van der Waals surface area contributed by atoms with Gasteiger partial charge in [-0.3, -0.25) is 18.6 Å². The molecule has 4 atom stereocenters. The van der Waals surface area contributed by atoms with E-state index in [0.29, 0.717) is 18.6 Å². The largest absolute Gasteiger partial charge is 0.472 e. The van der Waals surface area contributed by atoms with Crippen molar-refractivity contribution in [1.29, 1.82) is 0 Å². The van der Waals surface area contributed by atoms with Crippen molar-refractivity contribution < 1.29 is 42.3 Å². The van der Waals surface area contributed by atoms with Crippen molar-refractivity contribution in [2.45, 2.75) is 212 Å². The van der Waals surface area contributed by atoms with Crippen LogP contribution >= 0.6 is 7.82 Å². The van der Waals surface area contributed by atoms with Gasteiger partial charge in [0.05, 0.1) is 25.4 Å². The number of nitrogens with two attached hydrogens (primary N) is 1. The van der Waals surface area contributed by atoms with Crippen LogP contribution in [0, 0.1) is 0 Å². The Bertz CT molecular complexity index is 1230. The van der Waals surface area contributed by atoms with Crippen LogP contribution < -0.4 is 5.73 Å². The van der Waals surface area contributed by atoms with Crippen LogP contribution in [0.1, 0.15) is 194 Å². The Hall–Kier alpha value is -2.33. The van der Waals surface area contributed by atoms with E-state index in [2.05, 4.69) is 62.5 Å². The number of hydrogen-bond donors (Lipinski definition) is 2. The lowest BCUT2D eigenvalue weighted by Crippen LogP contribution is -2.29. The molecule has 60 heavy (non-hydrogen) atoms. The molecule has 10 nitrogen and oxygen atoms in total. The van der Waals surface area contributed by atoms with Crippen LogP contribution in [-0.2, 0) is 37.4 Å². The Morgan fingerprint density at radius 2 is 1.07 bits per heavy atom. The molecule has 1 aliphatic heterocycles. The van der Waals surface area contributed by atoms with Gasteiger partial charge >= 0.3 is 19.8 Å². The summed E-state index contributed by atoms with van der Waals surface area (Å²) in [4.78, 5) is 34.9. The molecule has 0 aromatic carbocycles. The number of hydrogen-bond acceptors (Lipinski definition) is 9. The number of esters is 2. The number of unbranched alkanes of at least 4 members (excludes halogenated alkanes) is 18. The van der Waals surface area contributed by atoms with Gasteiger partial charge in [-0.25, -0.2) is 4.57 Å². The molecule has 346 valence electrons. The van der Waals surface area contributed by atoms with Gasteiger partial charge < -0.3 is 24.8 Å². The molecule has 11 heteroatoms. The van der Waals surface area contributed by atoms with E-state index in [1.807, 2.05) is 12.2 Å². The van der Waals surface area contributed by atoms with Gasteiger partial charge in [-0.05, 0) is 51.4 Å². The lowest BCUT2D eigenvalue weighted by molar-refractivity contribution is -0.161. The first-order chi connectivity index (χ1) is 29.3. The second-order valence-corrected chi connectivity index (χ2v) is 17.4. The number of epoxide rings is 1. The molecule has 0 amide bonds. The van der Waals surface area contributed by atoms with Gasteiger partial charge in [-0.2, -0.15) is 0 Å². The van der Waals surface area contributed by atoms with E-state index in [9.17, 15) is 19.0 Å². The van der Waals surface area contributed by atoms with Gasteiger partial charge in [0, 0.05) is 19.4 Å². The van der Waals surface area contributed by atoms with Crippen LogP contribution in [0.15, 0.2) is 60.8 Å². The lowest BCUT2D eigenvalue weighted by Gasteiger charge is -2.19. The van der Waals surface area contributed by atoms with Crippen molar-refractivity contribution >= 4 is 19.8 Å². The summed E-state index contributed by atoms with van der Waals surface area (Å²) in [6.45, 7) is 3.54. The zero-order valence-electron chi connectivity index (χ0n) is 37.9. The molecule has 3 N–H and O–H groups in total. The van der Waals surface area contributed by atoms with E-state index in [-0.39, 0.29) is 32.6 Å². The summed E-state index contributed by atoms with van der Waals surface area (Å²) in [6, 6.07) is 0. The minimum Gasteiger partial charge on any atom is -0.462 e. The van der Waals surface area contributed by atoms with Crippen molar-refractivity contribution in [2.75, 3.05) is 26.4 Å². The molecule has 0 aromatic rings. The number of ether oxygens (including phenoxy) is 3. The number of phosphoric ester groups is 1. The Morgan fingerprint density at radius 3 is 1.57 bits per heavy atom. The molecule has 0 aromatic heterocycles. The molecular formula is C49H86NO9P. The first-order valence-electron chi connectivity index (χ1n) is 23.9. The molecule has 3 unspecified atom stereocenters. The standard InChI is InChI=1S/C49H86NO9P/c1-3-5-7-8-9-10-11-12-13-14-15-16-17-18-22-25-28-31-35-39-48(51)55-43-45(44-57-60(53,54)56-42-41-50)58-49(52)40-36-32-29-26-23-20-19-21-24-27-30-34-38-47-46(59-47)37-33-6-4-2/h6,20-21,23-24,29-30,32-34,45-47H,3-5,7-19,22,25-28,31,35-44,50H2,1-2H3,(H,53,54)/b23-20-,24-21-,32-29-,33-6-,34-30-/t45-,46?,47?/m1/s1. The number of carbonyl (C=O) groups is 2. The fourth-order valence-corrected chi connectivity index (χ4v) is 7.47. The molecule has 0 spiro atoms. The topological polar surface area (TPSA) is 147 Å². The molecule has 0 aliphatic carbocycles. The van der Waals surface area contributed by atoms with E-state index in [0.717, 1.165) is 57.8 Å². The quantitative estimate of drug-likeness (QED) is 0.0200. The van der Waals surface area contributed by atoms with Crippen molar-refractivity contribution in [3.63, 3.8) is 0 Å². The van der Waals surface area contributed by atoms with Crippen molar-refractivity contribution in [3.8, 4) is 0 Å². The first kappa shape index (κ1) is 55.7. The van der Waals surface area contributed by atoms with Crippen LogP contribution in [0.25, 0.3) is 0 Å². The molecule has 1 saturated heterocycles. The monoisotopic (exact) mass is 864 g/mol. The Labute approximate surface area is 365 Å². The fourth-order valence-electron chi connectivity index (χ4n) is 6.70. The van der Waals surface area contributed by atoms with Crippen molar-refractivity contribution in [2.24, 2.45) is 5.73 Å². The van der Waals surface area contributed by atoms with Crippen LogP contribution in [0.3, 0.4) is 0 Å². The summed E-state index contributed by atoms with van der Waals surface area (Å²) in [6.07, 6.45) is 51.7. The highest BCUT2D eigenvalue weighted by Crippen LogP contribution is 2.43. The molecule has 0 saturated carbocycles. The first-order valence-corrected chi connectivity index (χ1v) is 25.4. The maximum atomic E-state index is 12.6. The lowest BCUT2D eigenvalue weighted by atomic mass is 10.0. The molecule has 1 aliphatic rings. The summed E-state index contributed by atoms with van der Waals surface area (Å²) in [5.41, 5.74) is 5.35. The van der Waals surface area contributed by atoms with Crippen LogP contribution in [-0.4, -0.2) is 61.5 Å². The smallest absolute Gasteiger partial charge is 0.462 e. The van der Waals surface area contributed by atoms with Gasteiger partial charge in [-0.15, -0.1) is 0 Å². The van der Waals surface area contributed by atoms with Crippen molar-refractivity contribution in [1.82, 2.24) is 0 Å². The average Bonchev–Trinajstić information content (AvgIpc) is 3.99. The summed E-state index contributed by atoms with van der Waals surface area (Å²) >= 11 is 0. The summed E-state index contributed by atoms with van der Waals surface area (Å²) in [5.74, 6) is -0.927. The van der Waals surface area contributed by atoms with Gasteiger partial charge in [-0.1, -0.05) is 190 Å². The van der Waals surface area contributed by atoms with E-state index >= 15 is 0 Å². The Morgan fingerprint density at radius 1 is 0.600 bits per heavy atom. The number of allylic oxidation sites excluding steroid dienone is 8. The molecule has 1 fully saturated rings. The fraction of sp³-hybridized carbons (Fsp3) is 0.755. The van der Waals surface area contributed by atoms with E-state index in [4.69, 9.17) is 29.0 Å². The molecular weight excluding hydrogens is 778 g/mol. The number of phosphoric acid groups is 1. The van der Waals surface area contributed by atoms with E-state index in [1.165, 1.54) is 103 Å². The third-order valence-corrected chi connectivity index (χ3v) is 11.3. The van der Waals surface area contributed by atoms with Gasteiger partial charge in [0.2, 0.25) is 0 Å². The maximum absolute atomic E-state index is 12.6. The zero-order valence-corrected chi connectivity index (χ0v) is 38.8. The Kier molecular flexibility index (Phi) is 37.8. The van der Waals surface area contributed by atoms with Crippen molar-refractivity contribution in [3.05, 3.63) is 60.8 Å². The number of rotatable bonds is 43. The van der Waals surface area contributed by atoms with Crippen LogP contribution in [0.5, 0.6) is 0 Å². The summed E-state index contributed by atoms with van der Waals surface area (Å²) in [5, 5.41) is 0. The highest BCUT2D eigenvalue weighted by Gasteiger charge is 2.36. The van der Waals surface area contributed by atoms with Gasteiger partial charge in [0.25, 0.3) is 0 Å². The minimum atomic E-state index is -4.40. The molecule has 1 rings (SSSR count). The second-order valence-electron chi connectivity index (χ2n) is 16.0. The third-order valence-electron chi connectivity index (χ3n) is 10.3. The van der Waals surface area contributed by atoms with Gasteiger partial charge in [0.15, 0.2) is 6.10 Å².